The van der Waals surface area contributed by atoms with Crippen LogP contribution in [0.25, 0.3) is 0 Å². The van der Waals surface area contributed by atoms with Gasteiger partial charge in [-0.05, 0) is 24.6 Å². The normalized spacial score (nSPS) is 9.31. The summed E-state index contributed by atoms with van der Waals surface area (Å²) in [6.07, 6.45) is 5.69. The Labute approximate surface area is 83.7 Å². The van der Waals surface area contributed by atoms with E-state index in [0.717, 1.165) is 5.56 Å². The highest BCUT2D eigenvalue weighted by atomic mass is 35.5. The molecule has 1 aromatic rings. The Kier molecular flexibility index (Phi) is 3.67. The fourth-order valence-corrected chi connectivity index (χ4v) is 1.23. The van der Waals surface area contributed by atoms with Gasteiger partial charge in [0.15, 0.2) is 0 Å². The predicted molar refractivity (Wildman–Crippen MR) is 55.1 cm³/mol. The maximum atomic E-state index is 5.93. The Balaban J connectivity index is 2.62. The van der Waals surface area contributed by atoms with E-state index < -0.39 is 0 Å². The second-order valence-electron chi connectivity index (χ2n) is 2.74. The van der Waals surface area contributed by atoms with Crippen molar-refractivity contribution in [2.24, 2.45) is 0 Å². The SMILES string of the molecule is C#CCCOc1ccc(C)cc1Cl. The third-order valence-electron chi connectivity index (χ3n) is 1.59. The molecule has 0 aliphatic heterocycles. The van der Waals surface area contributed by atoms with Crippen molar-refractivity contribution in [3.05, 3.63) is 28.8 Å². The van der Waals surface area contributed by atoms with Crippen molar-refractivity contribution in [2.45, 2.75) is 13.3 Å². The first kappa shape index (κ1) is 9.95. The number of hydrogen-bond donors (Lipinski definition) is 0. The van der Waals surface area contributed by atoms with Crippen LogP contribution in [0.5, 0.6) is 5.75 Å². The summed E-state index contributed by atoms with van der Waals surface area (Å²) >= 11 is 5.93. The van der Waals surface area contributed by atoms with Crippen molar-refractivity contribution in [2.75, 3.05) is 6.61 Å². The molecule has 0 N–H and O–H groups in total. The van der Waals surface area contributed by atoms with Gasteiger partial charge >= 0.3 is 0 Å². The molecule has 13 heavy (non-hydrogen) atoms. The van der Waals surface area contributed by atoms with E-state index in [1.54, 1.807) is 0 Å². The number of hydrogen-bond acceptors (Lipinski definition) is 1. The van der Waals surface area contributed by atoms with Crippen LogP contribution >= 0.6 is 11.6 Å². The topological polar surface area (TPSA) is 9.23 Å². The number of rotatable bonds is 3. The van der Waals surface area contributed by atoms with Crippen LogP contribution in [0.4, 0.5) is 0 Å². The molecule has 1 aromatic carbocycles. The van der Waals surface area contributed by atoms with Crippen LogP contribution in [0.2, 0.25) is 5.02 Å². The van der Waals surface area contributed by atoms with Gasteiger partial charge in [-0.2, -0.15) is 0 Å². The monoisotopic (exact) mass is 194 g/mol. The van der Waals surface area contributed by atoms with Crippen LogP contribution in [0.3, 0.4) is 0 Å². The van der Waals surface area contributed by atoms with Crippen molar-refractivity contribution >= 4 is 11.6 Å². The fourth-order valence-electron chi connectivity index (χ4n) is 0.943. The zero-order valence-electron chi connectivity index (χ0n) is 7.51. The van der Waals surface area contributed by atoms with Gasteiger partial charge in [-0.25, -0.2) is 0 Å². The molecule has 0 fully saturated rings. The molecule has 0 amide bonds. The van der Waals surface area contributed by atoms with Crippen molar-refractivity contribution in [3.8, 4) is 18.1 Å². The molecule has 0 aliphatic rings. The lowest BCUT2D eigenvalue weighted by Gasteiger charge is -2.06. The maximum Gasteiger partial charge on any atom is 0.137 e. The predicted octanol–water partition coefficient (Wildman–Crippen LogP) is 3.05. The first-order valence-corrected chi connectivity index (χ1v) is 4.44. The van der Waals surface area contributed by atoms with Crippen LogP contribution < -0.4 is 4.74 Å². The molecule has 0 aliphatic carbocycles. The third-order valence-corrected chi connectivity index (χ3v) is 1.89. The highest BCUT2D eigenvalue weighted by Gasteiger charge is 1.99. The van der Waals surface area contributed by atoms with E-state index >= 15 is 0 Å². The van der Waals surface area contributed by atoms with Gasteiger partial charge in [0, 0.05) is 6.42 Å². The molecule has 1 nitrogen and oxygen atoms in total. The summed E-state index contributed by atoms with van der Waals surface area (Å²) in [6, 6.07) is 5.68. The smallest absolute Gasteiger partial charge is 0.137 e. The zero-order valence-corrected chi connectivity index (χ0v) is 8.27. The average Bonchev–Trinajstić information content (AvgIpc) is 2.09. The summed E-state index contributed by atoms with van der Waals surface area (Å²) in [7, 11) is 0. The van der Waals surface area contributed by atoms with E-state index in [4.69, 9.17) is 22.8 Å². The summed E-state index contributed by atoms with van der Waals surface area (Å²) in [5.41, 5.74) is 1.12. The van der Waals surface area contributed by atoms with Crippen LogP contribution in [0.15, 0.2) is 18.2 Å². The first-order valence-electron chi connectivity index (χ1n) is 4.06. The van der Waals surface area contributed by atoms with Crippen molar-refractivity contribution in [3.63, 3.8) is 0 Å². The molecule has 0 radical (unpaired) electrons. The number of benzene rings is 1. The van der Waals surface area contributed by atoms with Gasteiger partial charge < -0.3 is 4.74 Å². The highest BCUT2D eigenvalue weighted by Crippen LogP contribution is 2.24. The molecule has 0 heterocycles. The number of terminal acetylenes is 1. The van der Waals surface area contributed by atoms with Gasteiger partial charge in [0.05, 0.1) is 11.6 Å². The molecule has 2 heteroatoms. The third kappa shape index (κ3) is 3.01. The Morgan fingerprint density at radius 2 is 2.31 bits per heavy atom. The van der Waals surface area contributed by atoms with Crippen molar-refractivity contribution in [1.29, 1.82) is 0 Å². The van der Waals surface area contributed by atoms with Gasteiger partial charge in [0.2, 0.25) is 0 Å². The Hall–Kier alpha value is -1.13. The van der Waals surface area contributed by atoms with Gasteiger partial charge in [-0.1, -0.05) is 17.7 Å². The van der Waals surface area contributed by atoms with Crippen LogP contribution in [-0.2, 0) is 0 Å². The molecule has 0 spiro atoms. The molecule has 0 atom stereocenters. The molecule has 0 saturated carbocycles. The molecule has 0 aromatic heterocycles. The fraction of sp³-hybridized carbons (Fsp3) is 0.273. The minimum atomic E-state index is 0.513. The van der Waals surface area contributed by atoms with Gasteiger partial charge in [-0.15, -0.1) is 12.3 Å². The van der Waals surface area contributed by atoms with E-state index in [-0.39, 0.29) is 0 Å². The van der Waals surface area contributed by atoms with Gasteiger partial charge in [-0.3, -0.25) is 0 Å². The van der Waals surface area contributed by atoms with Crippen molar-refractivity contribution < 1.29 is 4.74 Å². The van der Waals surface area contributed by atoms with E-state index in [9.17, 15) is 0 Å². The summed E-state index contributed by atoms with van der Waals surface area (Å²) in [5.74, 6) is 3.20. The lowest BCUT2D eigenvalue weighted by molar-refractivity contribution is 0.327. The quantitative estimate of drug-likeness (QED) is 0.531. The number of ether oxygens (including phenoxy) is 1. The molecule has 0 bridgehead atoms. The first-order chi connectivity index (χ1) is 6.24. The second kappa shape index (κ2) is 4.79. The molecule has 0 saturated heterocycles. The minimum Gasteiger partial charge on any atom is -0.491 e. The van der Waals surface area contributed by atoms with Gasteiger partial charge in [0.1, 0.15) is 5.75 Å². The lowest BCUT2D eigenvalue weighted by atomic mass is 10.2. The lowest BCUT2D eigenvalue weighted by Crippen LogP contribution is -1.96. The average molecular weight is 195 g/mol. The highest BCUT2D eigenvalue weighted by molar-refractivity contribution is 6.32. The molecular formula is C11H11ClO. The van der Waals surface area contributed by atoms with E-state index in [2.05, 4.69) is 5.92 Å². The molecule has 0 unspecified atom stereocenters. The Morgan fingerprint density at radius 3 is 2.92 bits per heavy atom. The summed E-state index contributed by atoms with van der Waals surface area (Å²) in [4.78, 5) is 0. The summed E-state index contributed by atoms with van der Waals surface area (Å²) in [5, 5.41) is 0.636. The van der Waals surface area contributed by atoms with E-state index in [0.29, 0.717) is 23.8 Å². The largest absolute Gasteiger partial charge is 0.491 e. The van der Waals surface area contributed by atoms with Crippen LogP contribution in [0, 0.1) is 19.3 Å². The van der Waals surface area contributed by atoms with Crippen LogP contribution in [-0.4, -0.2) is 6.61 Å². The molecular weight excluding hydrogens is 184 g/mol. The standard InChI is InChI=1S/C11H11ClO/c1-3-4-7-13-11-6-5-9(2)8-10(11)12/h1,5-6,8H,4,7H2,2H3. The number of halogens is 1. The summed E-state index contributed by atoms with van der Waals surface area (Å²) in [6.45, 7) is 2.50. The second-order valence-corrected chi connectivity index (χ2v) is 3.14. The Morgan fingerprint density at radius 1 is 1.54 bits per heavy atom. The van der Waals surface area contributed by atoms with Crippen LogP contribution in [0.1, 0.15) is 12.0 Å². The van der Waals surface area contributed by atoms with Crippen molar-refractivity contribution in [1.82, 2.24) is 0 Å². The minimum absolute atomic E-state index is 0.513. The molecule has 1 rings (SSSR count). The van der Waals surface area contributed by atoms with Gasteiger partial charge in [0.25, 0.3) is 0 Å². The summed E-state index contributed by atoms with van der Waals surface area (Å²) < 4.78 is 5.36. The zero-order chi connectivity index (χ0) is 9.68. The number of aryl methyl sites for hydroxylation is 1. The van der Waals surface area contributed by atoms with E-state index in [1.165, 1.54) is 0 Å². The Bertz CT molecular complexity index is 325. The maximum absolute atomic E-state index is 5.93. The van der Waals surface area contributed by atoms with E-state index in [1.807, 2.05) is 25.1 Å². The molecule has 68 valence electrons.